The molecule has 3 saturated heterocycles. The van der Waals surface area contributed by atoms with Crippen LogP contribution in [0.1, 0.15) is 48.8 Å². The number of nitrogens with zero attached hydrogens (tertiary/aromatic N) is 4. The summed E-state index contributed by atoms with van der Waals surface area (Å²) in [5.74, 6) is 2.02. The van der Waals surface area contributed by atoms with Gasteiger partial charge in [-0.05, 0) is 67.2 Å². The van der Waals surface area contributed by atoms with E-state index in [4.69, 9.17) is 23.8 Å². The number of amides is 4. The lowest BCUT2D eigenvalue weighted by molar-refractivity contribution is -0.143. The van der Waals surface area contributed by atoms with Crippen LogP contribution in [0.2, 0.25) is 5.02 Å². The number of fused-ring (bicyclic) bond motifs is 1. The minimum Gasteiger partial charge on any atom is -0.397 e. The highest BCUT2D eigenvalue weighted by atomic mass is 35.5. The molecule has 0 aliphatic carbocycles. The second kappa shape index (κ2) is 14.6. The number of piperazine rings is 1. The zero-order valence-corrected chi connectivity index (χ0v) is 27.9. The van der Waals surface area contributed by atoms with E-state index in [1.807, 2.05) is 20.1 Å². The molecule has 4 amide bonds. The molecule has 6 rings (SSSR count). The van der Waals surface area contributed by atoms with E-state index in [2.05, 4.69) is 26.8 Å². The smallest absolute Gasteiger partial charge is 0.322 e. The zero-order chi connectivity index (χ0) is 32.2. The molecule has 46 heavy (non-hydrogen) atoms. The largest absolute Gasteiger partial charge is 0.397 e. The molecule has 1 aromatic carbocycles. The van der Waals surface area contributed by atoms with Gasteiger partial charge in [-0.2, -0.15) is 0 Å². The zero-order valence-electron chi connectivity index (χ0n) is 26.3. The molecule has 3 fully saturated rings. The molecule has 4 aliphatic heterocycles. The van der Waals surface area contributed by atoms with Crippen molar-refractivity contribution >= 4 is 52.2 Å². The number of nitrogen functional groups attached to an aromatic ring is 1. The maximum Gasteiger partial charge on any atom is 0.322 e. The Kier molecular flexibility index (Phi) is 10.4. The number of hydrogen-bond acceptors (Lipinski definition) is 7. The first-order valence-electron chi connectivity index (χ1n) is 16.5. The number of thiophene rings is 1. The predicted octanol–water partition coefficient (Wildman–Crippen LogP) is 3.49. The van der Waals surface area contributed by atoms with Gasteiger partial charge in [0, 0.05) is 88.4 Å². The number of carbonyl (C=O) groups is 3. The molecule has 0 unspecified atom stereocenters. The monoisotopic (exact) mass is 665 g/mol. The molecule has 10 nitrogen and oxygen atoms in total. The summed E-state index contributed by atoms with van der Waals surface area (Å²) in [7, 11) is 0. The quantitative estimate of drug-likeness (QED) is 0.308. The standard InChI is InChI=1S/C34H44ClN7O3S/c1-2-24-17-23(19-29(35)32(24)36)18-26(33(44)41-12-4-27(5-13-41)39-15-8-37-9-16-39)20-31(43)40-10-6-28(7-11-40)42-14-3-25-21-46-22-30(25)38-34(42)45/h1,17,19,21-22,26-28,37H,3-16,18,20,36H2,(H,38,45)/t26-/m0/s1. The summed E-state index contributed by atoms with van der Waals surface area (Å²) in [5, 5.41) is 10.9. The molecular formula is C34H44ClN7O3S. The number of likely N-dealkylation sites (tertiary alicyclic amines) is 2. The van der Waals surface area contributed by atoms with Gasteiger partial charge in [0.2, 0.25) is 11.8 Å². The fourth-order valence-corrected chi connectivity index (χ4v) is 8.54. The van der Waals surface area contributed by atoms with Gasteiger partial charge in [0.05, 0.1) is 22.3 Å². The second-order valence-electron chi connectivity index (χ2n) is 12.9. The Morgan fingerprint density at radius 3 is 2.41 bits per heavy atom. The Morgan fingerprint density at radius 1 is 1.00 bits per heavy atom. The SMILES string of the molecule is C#Cc1cc(C[C@@H](CC(=O)N2CCC(N3CCc4cscc4NC3=O)CC2)C(=O)N2CCC(N3CCNCC3)CC2)cc(Cl)c1N. The van der Waals surface area contributed by atoms with Crippen LogP contribution in [-0.4, -0.2) is 108 Å². The number of urea groups is 1. The Balaban J connectivity index is 1.10. The summed E-state index contributed by atoms with van der Waals surface area (Å²) < 4.78 is 0. The van der Waals surface area contributed by atoms with Gasteiger partial charge in [-0.25, -0.2) is 4.79 Å². The third-order valence-electron chi connectivity index (χ3n) is 10.2. The molecule has 0 spiro atoms. The van der Waals surface area contributed by atoms with Gasteiger partial charge in [0.1, 0.15) is 0 Å². The summed E-state index contributed by atoms with van der Waals surface area (Å²) in [5.41, 5.74) is 9.80. The Hall–Kier alpha value is -3.30. The van der Waals surface area contributed by atoms with Crippen molar-refractivity contribution in [2.75, 3.05) is 70.0 Å². The molecule has 1 aromatic heterocycles. The predicted molar refractivity (Wildman–Crippen MR) is 183 cm³/mol. The van der Waals surface area contributed by atoms with Gasteiger partial charge in [-0.1, -0.05) is 17.5 Å². The highest BCUT2D eigenvalue weighted by Gasteiger charge is 2.35. The van der Waals surface area contributed by atoms with Crippen LogP contribution in [0.4, 0.5) is 16.2 Å². The van der Waals surface area contributed by atoms with Crippen LogP contribution in [0.15, 0.2) is 22.9 Å². The van der Waals surface area contributed by atoms with Gasteiger partial charge in [0.15, 0.2) is 0 Å². The molecule has 4 N–H and O–H groups in total. The van der Waals surface area contributed by atoms with Crippen LogP contribution in [0.5, 0.6) is 0 Å². The van der Waals surface area contributed by atoms with Crippen LogP contribution in [0, 0.1) is 18.3 Å². The third-order valence-corrected chi connectivity index (χ3v) is 11.3. The summed E-state index contributed by atoms with van der Waals surface area (Å²) >= 11 is 8.02. The van der Waals surface area contributed by atoms with Crippen LogP contribution < -0.4 is 16.4 Å². The van der Waals surface area contributed by atoms with Crippen molar-refractivity contribution in [2.45, 2.75) is 57.0 Å². The van der Waals surface area contributed by atoms with E-state index >= 15 is 0 Å². The Labute approximate surface area is 280 Å². The van der Waals surface area contributed by atoms with E-state index in [0.717, 1.165) is 56.7 Å². The van der Waals surface area contributed by atoms with Crippen molar-refractivity contribution in [3.8, 4) is 12.3 Å². The van der Waals surface area contributed by atoms with Gasteiger partial charge in [0.25, 0.3) is 0 Å². The number of piperidine rings is 2. The number of carbonyl (C=O) groups excluding carboxylic acids is 3. The maximum absolute atomic E-state index is 14.1. The number of nitrogens with one attached hydrogen (secondary N) is 2. The summed E-state index contributed by atoms with van der Waals surface area (Å²) in [6.45, 7) is 7.24. The lowest BCUT2D eigenvalue weighted by atomic mass is 9.91. The fourth-order valence-electron chi connectivity index (χ4n) is 7.47. The number of rotatable bonds is 7. The number of anilines is 2. The van der Waals surface area contributed by atoms with Crippen molar-refractivity contribution in [3.05, 3.63) is 44.6 Å². The molecule has 0 saturated carbocycles. The first-order chi connectivity index (χ1) is 22.3. The normalized spacial score (nSPS) is 20.9. The number of halogens is 1. The van der Waals surface area contributed by atoms with E-state index in [0.29, 0.717) is 74.3 Å². The van der Waals surface area contributed by atoms with Crippen molar-refractivity contribution in [1.29, 1.82) is 0 Å². The Morgan fingerprint density at radius 2 is 1.70 bits per heavy atom. The van der Waals surface area contributed by atoms with Crippen LogP contribution in [0.25, 0.3) is 0 Å². The minimum absolute atomic E-state index is 0.00533. The van der Waals surface area contributed by atoms with E-state index < -0.39 is 5.92 Å². The molecule has 0 radical (unpaired) electrons. The van der Waals surface area contributed by atoms with Gasteiger partial charge in [-0.15, -0.1) is 17.8 Å². The van der Waals surface area contributed by atoms with Crippen molar-refractivity contribution < 1.29 is 14.4 Å². The highest BCUT2D eigenvalue weighted by Crippen LogP contribution is 2.30. The van der Waals surface area contributed by atoms with Crippen LogP contribution in [-0.2, 0) is 22.4 Å². The fraction of sp³-hybridized carbons (Fsp3) is 0.559. The third kappa shape index (κ3) is 7.31. The average molecular weight is 666 g/mol. The molecule has 1 atom stereocenters. The van der Waals surface area contributed by atoms with Crippen molar-refractivity contribution in [2.24, 2.45) is 5.92 Å². The molecule has 2 aromatic rings. The van der Waals surface area contributed by atoms with E-state index in [-0.39, 0.29) is 30.3 Å². The van der Waals surface area contributed by atoms with Crippen molar-refractivity contribution in [3.63, 3.8) is 0 Å². The number of benzene rings is 1. The van der Waals surface area contributed by atoms with E-state index in [1.54, 1.807) is 23.5 Å². The van der Waals surface area contributed by atoms with E-state index in [1.165, 1.54) is 5.56 Å². The first-order valence-corrected chi connectivity index (χ1v) is 17.8. The maximum atomic E-state index is 14.1. The number of nitrogens with two attached hydrogens (primary N) is 1. The second-order valence-corrected chi connectivity index (χ2v) is 14.1. The topological polar surface area (TPSA) is 114 Å². The molecule has 12 heteroatoms. The lowest BCUT2D eigenvalue weighted by Gasteiger charge is -2.41. The van der Waals surface area contributed by atoms with Gasteiger partial charge >= 0.3 is 6.03 Å². The van der Waals surface area contributed by atoms with Crippen LogP contribution in [0.3, 0.4) is 0 Å². The number of hydrogen-bond donors (Lipinski definition) is 3. The molecular weight excluding hydrogens is 622 g/mol. The molecule has 4 aliphatic rings. The number of terminal acetylenes is 1. The first kappa shape index (κ1) is 32.6. The molecule has 5 heterocycles. The van der Waals surface area contributed by atoms with Gasteiger partial charge < -0.3 is 31.1 Å². The summed E-state index contributed by atoms with van der Waals surface area (Å²) in [6.07, 6.45) is 10.3. The lowest BCUT2D eigenvalue weighted by Crippen LogP contribution is -2.53. The summed E-state index contributed by atoms with van der Waals surface area (Å²) in [4.78, 5) is 49.1. The van der Waals surface area contributed by atoms with Crippen LogP contribution >= 0.6 is 22.9 Å². The molecule has 246 valence electrons. The minimum atomic E-state index is -0.540. The van der Waals surface area contributed by atoms with Gasteiger partial charge in [-0.3, -0.25) is 14.5 Å². The van der Waals surface area contributed by atoms with Crippen molar-refractivity contribution in [1.82, 2.24) is 24.9 Å². The van der Waals surface area contributed by atoms with E-state index in [9.17, 15) is 14.4 Å². The molecule has 0 bridgehead atoms. The Bertz CT molecular complexity index is 1470. The highest BCUT2D eigenvalue weighted by molar-refractivity contribution is 7.08. The summed E-state index contributed by atoms with van der Waals surface area (Å²) in [6, 6.07) is 4.06. The average Bonchev–Trinajstić information content (AvgIpc) is 3.46.